The second-order valence-electron chi connectivity index (χ2n) is 7.10. The van der Waals surface area contributed by atoms with E-state index in [-0.39, 0.29) is 11.6 Å². The molecule has 0 spiro atoms. The Bertz CT molecular complexity index is 454. The van der Waals surface area contributed by atoms with Gasteiger partial charge in [-0.05, 0) is 52.2 Å². The lowest BCUT2D eigenvalue weighted by atomic mass is 9.89. The summed E-state index contributed by atoms with van der Waals surface area (Å²) in [6, 6.07) is 2.08. The first kappa shape index (κ1) is 15.9. The summed E-state index contributed by atoms with van der Waals surface area (Å²) in [7, 11) is 0. The van der Waals surface area contributed by atoms with Crippen LogP contribution in [0.15, 0.2) is 18.5 Å². The van der Waals surface area contributed by atoms with Gasteiger partial charge in [0.1, 0.15) is 5.60 Å². The van der Waals surface area contributed by atoms with E-state index in [0.717, 1.165) is 32.5 Å². The highest BCUT2D eigenvalue weighted by Crippen LogP contribution is 2.23. The molecule has 1 amide bonds. The smallest absolute Gasteiger partial charge is 0.410 e. The van der Waals surface area contributed by atoms with Crippen LogP contribution < -0.4 is 5.32 Å². The molecule has 0 radical (unpaired) electrons. The number of piperidine rings is 1. The predicted molar refractivity (Wildman–Crippen MR) is 83.1 cm³/mol. The fraction of sp³-hybridized carbons (Fsp3) is 0.688. The number of amides is 1. The van der Waals surface area contributed by atoms with Crippen molar-refractivity contribution in [1.29, 1.82) is 0 Å². The van der Waals surface area contributed by atoms with Crippen LogP contribution >= 0.6 is 0 Å². The van der Waals surface area contributed by atoms with Gasteiger partial charge in [0.25, 0.3) is 0 Å². The maximum Gasteiger partial charge on any atom is 0.410 e. The molecule has 118 valence electrons. The SMILES string of the molecule is CC1(NCc2cc[nH]c2)CCN(C(=O)OC(C)(C)C)CC1. The predicted octanol–water partition coefficient (Wildman–Crippen LogP) is 2.89. The second kappa shape index (κ2) is 6.10. The number of hydrogen-bond donors (Lipinski definition) is 2. The molecule has 1 aliphatic rings. The molecule has 2 N–H and O–H groups in total. The van der Waals surface area contributed by atoms with Gasteiger partial charge in [0, 0.05) is 37.6 Å². The number of nitrogens with zero attached hydrogens (tertiary/aromatic N) is 1. The third-order valence-corrected chi connectivity index (χ3v) is 3.90. The van der Waals surface area contributed by atoms with E-state index in [0.29, 0.717) is 0 Å². The summed E-state index contributed by atoms with van der Waals surface area (Å²) >= 11 is 0. The molecule has 21 heavy (non-hydrogen) atoms. The Hall–Kier alpha value is -1.49. The van der Waals surface area contributed by atoms with Gasteiger partial charge in [0.05, 0.1) is 0 Å². The molecule has 0 aliphatic carbocycles. The lowest BCUT2D eigenvalue weighted by Crippen LogP contribution is -2.53. The lowest BCUT2D eigenvalue weighted by Gasteiger charge is -2.40. The van der Waals surface area contributed by atoms with Gasteiger partial charge in [0.2, 0.25) is 0 Å². The van der Waals surface area contributed by atoms with Crippen LogP contribution in [0.5, 0.6) is 0 Å². The quantitative estimate of drug-likeness (QED) is 0.901. The Labute approximate surface area is 127 Å². The van der Waals surface area contributed by atoms with Crippen LogP contribution in [-0.4, -0.2) is 40.2 Å². The largest absolute Gasteiger partial charge is 0.444 e. The number of aromatic nitrogens is 1. The van der Waals surface area contributed by atoms with Crippen LogP contribution in [0.3, 0.4) is 0 Å². The van der Waals surface area contributed by atoms with Crippen molar-refractivity contribution >= 4 is 6.09 Å². The highest BCUT2D eigenvalue weighted by Gasteiger charge is 2.33. The van der Waals surface area contributed by atoms with Gasteiger partial charge in [-0.25, -0.2) is 4.79 Å². The molecule has 1 aliphatic heterocycles. The Balaban J connectivity index is 1.80. The monoisotopic (exact) mass is 293 g/mol. The van der Waals surface area contributed by atoms with Crippen LogP contribution in [0.1, 0.15) is 46.1 Å². The topological polar surface area (TPSA) is 57.4 Å². The first-order valence-electron chi connectivity index (χ1n) is 7.62. The van der Waals surface area contributed by atoms with E-state index in [9.17, 15) is 4.79 Å². The van der Waals surface area contributed by atoms with Crippen LogP contribution in [0, 0.1) is 0 Å². The van der Waals surface area contributed by atoms with Crippen molar-refractivity contribution in [2.24, 2.45) is 0 Å². The minimum atomic E-state index is -0.426. The summed E-state index contributed by atoms with van der Waals surface area (Å²) in [6.07, 6.45) is 5.62. The maximum absolute atomic E-state index is 12.0. The Morgan fingerprint density at radius 1 is 1.43 bits per heavy atom. The molecule has 0 saturated carbocycles. The molecule has 1 aromatic heterocycles. The van der Waals surface area contributed by atoms with Crippen LogP contribution in [-0.2, 0) is 11.3 Å². The molecule has 0 atom stereocenters. The number of likely N-dealkylation sites (tertiary alicyclic amines) is 1. The van der Waals surface area contributed by atoms with E-state index in [2.05, 4.69) is 23.3 Å². The summed E-state index contributed by atoms with van der Waals surface area (Å²) in [5, 5.41) is 3.61. The van der Waals surface area contributed by atoms with Crippen molar-refractivity contribution in [3.63, 3.8) is 0 Å². The maximum atomic E-state index is 12.0. The summed E-state index contributed by atoms with van der Waals surface area (Å²) in [6.45, 7) is 10.3. The molecule has 1 fully saturated rings. The summed E-state index contributed by atoms with van der Waals surface area (Å²) in [5.74, 6) is 0. The summed E-state index contributed by atoms with van der Waals surface area (Å²) in [5.41, 5.74) is 0.908. The molecule has 1 saturated heterocycles. The van der Waals surface area contributed by atoms with Crippen LogP contribution in [0.4, 0.5) is 4.79 Å². The van der Waals surface area contributed by atoms with Crippen molar-refractivity contribution in [2.75, 3.05) is 13.1 Å². The molecule has 2 heterocycles. The fourth-order valence-electron chi connectivity index (χ4n) is 2.47. The van der Waals surface area contributed by atoms with Gasteiger partial charge in [-0.15, -0.1) is 0 Å². The third kappa shape index (κ3) is 4.77. The third-order valence-electron chi connectivity index (χ3n) is 3.90. The number of H-pyrrole nitrogens is 1. The highest BCUT2D eigenvalue weighted by atomic mass is 16.6. The Kier molecular flexibility index (Phi) is 4.61. The van der Waals surface area contributed by atoms with Crippen LogP contribution in [0.2, 0.25) is 0 Å². The number of rotatable bonds is 3. The van der Waals surface area contributed by atoms with Crippen molar-refractivity contribution < 1.29 is 9.53 Å². The van der Waals surface area contributed by atoms with Gasteiger partial charge in [-0.2, -0.15) is 0 Å². The molecule has 1 aromatic rings. The second-order valence-corrected chi connectivity index (χ2v) is 7.10. The minimum absolute atomic E-state index is 0.0791. The molecule has 0 bridgehead atoms. The molecule has 0 unspecified atom stereocenters. The number of nitrogens with one attached hydrogen (secondary N) is 2. The zero-order chi connectivity index (χ0) is 15.5. The number of carbonyl (C=O) groups is 1. The summed E-state index contributed by atoms with van der Waals surface area (Å²) in [4.78, 5) is 16.9. The standard InChI is InChI=1S/C16H27N3O2/c1-15(2,3)21-14(20)19-9-6-16(4,7-10-19)18-12-13-5-8-17-11-13/h5,8,11,17-18H,6-7,9-10,12H2,1-4H3. The highest BCUT2D eigenvalue weighted by molar-refractivity contribution is 5.68. The van der Waals surface area contributed by atoms with Crippen LogP contribution in [0.25, 0.3) is 0 Å². The molecule has 5 heteroatoms. The average molecular weight is 293 g/mol. The first-order chi connectivity index (χ1) is 9.77. The van der Waals surface area contributed by atoms with E-state index in [1.807, 2.05) is 38.1 Å². The van der Waals surface area contributed by atoms with E-state index in [1.165, 1.54) is 5.56 Å². The molecule has 5 nitrogen and oxygen atoms in total. The molecule has 0 aromatic carbocycles. The molecular weight excluding hydrogens is 266 g/mol. The van der Waals surface area contributed by atoms with Gasteiger partial charge in [-0.1, -0.05) is 0 Å². The summed E-state index contributed by atoms with van der Waals surface area (Å²) < 4.78 is 5.43. The average Bonchev–Trinajstić information content (AvgIpc) is 2.88. The van der Waals surface area contributed by atoms with E-state index >= 15 is 0 Å². The Morgan fingerprint density at radius 2 is 2.10 bits per heavy atom. The van der Waals surface area contributed by atoms with E-state index in [1.54, 1.807) is 0 Å². The zero-order valence-corrected chi connectivity index (χ0v) is 13.5. The zero-order valence-electron chi connectivity index (χ0n) is 13.5. The number of hydrogen-bond acceptors (Lipinski definition) is 3. The van der Waals surface area contributed by atoms with Crippen molar-refractivity contribution in [3.05, 3.63) is 24.0 Å². The number of aromatic amines is 1. The first-order valence-corrected chi connectivity index (χ1v) is 7.62. The number of ether oxygens (including phenoxy) is 1. The van der Waals surface area contributed by atoms with Crippen molar-refractivity contribution in [1.82, 2.24) is 15.2 Å². The minimum Gasteiger partial charge on any atom is -0.444 e. The lowest BCUT2D eigenvalue weighted by molar-refractivity contribution is 0.0157. The van der Waals surface area contributed by atoms with Gasteiger partial charge >= 0.3 is 6.09 Å². The van der Waals surface area contributed by atoms with Crippen molar-refractivity contribution in [2.45, 2.75) is 58.2 Å². The Morgan fingerprint density at radius 3 is 2.62 bits per heavy atom. The molecule has 2 rings (SSSR count). The molecular formula is C16H27N3O2. The van der Waals surface area contributed by atoms with Gasteiger partial charge < -0.3 is 19.9 Å². The van der Waals surface area contributed by atoms with E-state index < -0.39 is 5.60 Å². The normalized spacial score (nSPS) is 18.6. The van der Waals surface area contributed by atoms with Gasteiger partial charge in [0.15, 0.2) is 0 Å². The van der Waals surface area contributed by atoms with E-state index in [4.69, 9.17) is 4.74 Å². The number of carbonyl (C=O) groups excluding carboxylic acids is 1. The fourth-order valence-corrected chi connectivity index (χ4v) is 2.47. The van der Waals surface area contributed by atoms with Crippen molar-refractivity contribution in [3.8, 4) is 0 Å². The van der Waals surface area contributed by atoms with Gasteiger partial charge in [-0.3, -0.25) is 0 Å².